The van der Waals surface area contributed by atoms with Crippen molar-refractivity contribution in [2.45, 2.75) is 26.3 Å². The second kappa shape index (κ2) is 9.65. The molecule has 0 radical (unpaired) electrons. The van der Waals surface area contributed by atoms with Gasteiger partial charge in [0.1, 0.15) is 12.3 Å². The molecule has 1 saturated heterocycles. The highest BCUT2D eigenvalue weighted by Gasteiger charge is 2.30. The first-order valence-electron chi connectivity index (χ1n) is 10.2. The van der Waals surface area contributed by atoms with Gasteiger partial charge >= 0.3 is 5.97 Å². The first-order valence-corrected chi connectivity index (χ1v) is 10.2. The molecule has 30 heavy (non-hydrogen) atoms. The maximum atomic E-state index is 12.7. The van der Waals surface area contributed by atoms with E-state index in [1.54, 1.807) is 26.0 Å². The van der Waals surface area contributed by atoms with Crippen molar-refractivity contribution in [1.82, 2.24) is 14.4 Å². The molecule has 1 aromatic carbocycles. The minimum atomic E-state index is -0.285. The van der Waals surface area contributed by atoms with Gasteiger partial charge in [-0.3, -0.25) is 14.4 Å². The van der Waals surface area contributed by atoms with Crippen LogP contribution in [-0.4, -0.2) is 72.5 Å². The third kappa shape index (κ3) is 4.93. The van der Waals surface area contributed by atoms with Crippen LogP contribution in [0.3, 0.4) is 0 Å². The molecule has 1 aliphatic heterocycles. The van der Waals surface area contributed by atoms with Crippen LogP contribution in [0.15, 0.2) is 30.5 Å². The third-order valence-corrected chi connectivity index (χ3v) is 5.48. The topological polar surface area (TPSA) is 81.1 Å². The van der Waals surface area contributed by atoms with E-state index >= 15 is 0 Å². The summed E-state index contributed by atoms with van der Waals surface area (Å²) in [6.07, 6.45) is 3.33. The van der Waals surface area contributed by atoms with Crippen LogP contribution in [-0.2, 0) is 25.7 Å². The summed E-state index contributed by atoms with van der Waals surface area (Å²) >= 11 is 0. The number of hydrogen-bond acceptors (Lipinski definition) is 5. The van der Waals surface area contributed by atoms with Gasteiger partial charge in [-0.05, 0) is 44.0 Å². The van der Waals surface area contributed by atoms with Gasteiger partial charge in [-0.15, -0.1) is 0 Å². The Hall–Kier alpha value is -3.03. The van der Waals surface area contributed by atoms with Crippen LogP contribution >= 0.6 is 0 Å². The average Bonchev–Trinajstić information content (AvgIpc) is 3.15. The molecule has 0 aliphatic carbocycles. The quantitative estimate of drug-likeness (QED) is 0.646. The van der Waals surface area contributed by atoms with Crippen molar-refractivity contribution in [3.63, 3.8) is 0 Å². The number of nitrogens with zero attached hydrogens (tertiary/aromatic N) is 3. The molecule has 2 heterocycles. The molecule has 162 valence electrons. The van der Waals surface area contributed by atoms with Crippen molar-refractivity contribution in [1.29, 1.82) is 0 Å². The van der Waals surface area contributed by atoms with E-state index in [0.29, 0.717) is 19.7 Å². The number of esters is 1. The van der Waals surface area contributed by atoms with Crippen LogP contribution in [0, 0.1) is 5.92 Å². The zero-order chi connectivity index (χ0) is 21.7. The number of likely N-dealkylation sites (N-methyl/N-ethyl adjacent to an activating group) is 1. The second-order valence-corrected chi connectivity index (χ2v) is 7.55. The van der Waals surface area contributed by atoms with Crippen LogP contribution in [0.4, 0.5) is 0 Å². The van der Waals surface area contributed by atoms with Gasteiger partial charge in [-0.1, -0.05) is 0 Å². The number of fused-ring (bicyclic) bond motifs is 1. The van der Waals surface area contributed by atoms with Gasteiger partial charge in [0.2, 0.25) is 11.8 Å². The maximum Gasteiger partial charge on any atom is 0.310 e. The predicted molar refractivity (Wildman–Crippen MR) is 112 cm³/mol. The molecule has 1 aromatic heterocycles. The molecule has 8 heteroatoms. The van der Waals surface area contributed by atoms with Crippen LogP contribution in [0.5, 0.6) is 5.75 Å². The molecule has 1 unspecified atom stereocenters. The highest BCUT2D eigenvalue weighted by atomic mass is 16.5. The standard InChI is InChI=1S/C22H29N3O5/c1-4-30-22(28)17-6-5-10-25(13-17)21(27)14-23(2)20(26)15-24-11-9-16-12-18(29-3)7-8-19(16)24/h7-9,11-12,17H,4-6,10,13-15H2,1-3H3. The normalized spacial score (nSPS) is 16.4. The lowest BCUT2D eigenvalue weighted by molar-refractivity contribution is -0.152. The Balaban J connectivity index is 1.57. The van der Waals surface area contributed by atoms with Gasteiger partial charge in [0.25, 0.3) is 0 Å². The fraction of sp³-hybridized carbons (Fsp3) is 0.500. The summed E-state index contributed by atoms with van der Waals surface area (Å²) in [7, 11) is 3.24. The number of carbonyl (C=O) groups excluding carboxylic acids is 3. The average molecular weight is 415 g/mol. The summed E-state index contributed by atoms with van der Waals surface area (Å²) in [5.41, 5.74) is 0.928. The smallest absolute Gasteiger partial charge is 0.310 e. The third-order valence-electron chi connectivity index (χ3n) is 5.48. The molecule has 2 amide bonds. The molecule has 0 bridgehead atoms. The number of aromatic nitrogens is 1. The fourth-order valence-electron chi connectivity index (χ4n) is 3.76. The van der Waals surface area contributed by atoms with Crippen LogP contribution < -0.4 is 4.74 Å². The highest BCUT2D eigenvalue weighted by Crippen LogP contribution is 2.22. The molecule has 1 fully saturated rings. The number of piperidine rings is 1. The van der Waals surface area contributed by atoms with Crippen molar-refractivity contribution in [2.75, 3.05) is 40.4 Å². The Morgan fingerprint density at radius 3 is 2.77 bits per heavy atom. The summed E-state index contributed by atoms with van der Waals surface area (Å²) in [5.74, 6) is -0.0862. The number of rotatable bonds is 7. The van der Waals surface area contributed by atoms with Crippen molar-refractivity contribution >= 4 is 28.7 Å². The number of carbonyl (C=O) groups is 3. The predicted octanol–water partition coefficient (Wildman–Crippen LogP) is 1.91. The maximum absolute atomic E-state index is 12.7. The Morgan fingerprint density at radius 1 is 1.23 bits per heavy atom. The lowest BCUT2D eigenvalue weighted by Crippen LogP contribution is -2.47. The van der Waals surface area contributed by atoms with E-state index in [4.69, 9.17) is 9.47 Å². The van der Waals surface area contributed by atoms with Crippen LogP contribution in [0.2, 0.25) is 0 Å². The number of benzene rings is 1. The number of methoxy groups -OCH3 is 1. The first-order chi connectivity index (χ1) is 14.4. The van der Waals surface area contributed by atoms with Crippen molar-refractivity contribution < 1.29 is 23.9 Å². The van der Waals surface area contributed by atoms with E-state index in [1.165, 1.54) is 4.90 Å². The van der Waals surface area contributed by atoms with Gasteiger partial charge in [-0.25, -0.2) is 0 Å². The second-order valence-electron chi connectivity index (χ2n) is 7.55. The Morgan fingerprint density at radius 2 is 2.03 bits per heavy atom. The first kappa shape index (κ1) is 21.7. The molecular weight excluding hydrogens is 386 g/mol. The molecule has 0 N–H and O–H groups in total. The molecule has 8 nitrogen and oxygen atoms in total. The molecular formula is C22H29N3O5. The summed E-state index contributed by atoms with van der Waals surface area (Å²) in [4.78, 5) is 40.5. The van der Waals surface area contributed by atoms with Gasteiger partial charge in [0.05, 0.1) is 26.2 Å². The Labute approximate surface area is 176 Å². The van der Waals surface area contributed by atoms with Crippen molar-refractivity contribution in [3.05, 3.63) is 30.5 Å². The van der Waals surface area contributed by atoms with E-state index in [1.807, 2.05) is 35.0 Å². The van der Waals surface area contributed by atoms with Gasteiger partial charge in [-0.2, -0.15) is 0 Å². The van der Waals surface area contributed by atoms with E-state index in [9.17, 15) is 14.4 Å². The van der Waals surface area contributed by atoms with Crippen molar-refractivity contribution in [3.8, 4) is 5.75 Å². The molecule has 1 atom stereocenters. The van der Waals surface area contributed by atoms with Crippen LogP contribution in [0.1, 0.15) is 19.8 Å². The minimum Gasteiger partial charge on any atom is -0.497 e. The molecule has 3 rings (SSSR count). The van der Waals surface area contributed by atoms with Gasteiger partial charge in [0.15, 0.2) is 0 Å². The summed E-state index contributed by atoms with van der Waals surface area (Å²) < 4.78 is 12.2. The zero-order valence-corrected chi connectivity index (χ0v) is 17.8. The van der Waals surface area contributed by atoms with E-state index < -0.39 is 0 Å². The fourth-order valence-corrected chi connectivity index (χ4v) is 3.76. The SMILES string of the molecule is CCOC(=O)C1CCCN(C(=O)CN(C)C(=O)Cn2ccc3cc(OC)ccc32)C1. The molecule has 0 spiro atoms. The number of amides is 2. The monoisotopic (exact) mass is 415 g/mol. The molecule has 1 aliphatic rings. The van der Waals surface area contributed by atoms with E-state index in [0.717, 1.165) is 29.5 Å². The summed E-state index contributed by atoms with van der Waals surface area (Å²) in [6, 6.07) is 7.61. The minimum absolute atomic E-state index is 0.0125. The number of hydrogen-bond donors (Lipinski definition) is 0. The Bertz CT molecular complexity index is 923. The molecule has 2 aromatic rings. The summed E-state index contributed by atoms with van der Waals surface area (Å²) in [5, 5.41) is 0.985. The lowest BCUT2D eigenvalue weighted by Gasteiger charge is -2.32. The van der Waals surface area contributed by atoms with Gasteiger partial charge < -0.3 is 23.8 Å². The molecule has 0 saturated carbocycles. The number of likely N-dealkylation sites (tertiary alicyclic amines) is 1. The van der Waals surface area contributed by atoms with Gasteiger partial charge in [0, 0.05) is 37.2 Å². The summed E-state index contributed by atoms with van der Waals surface area (Å²) in [6.45, 7) is 3.19. The largest absolute Gasteiger partial charge is 0.497 e. The Kier molecular flexibility index (Phi) is 6.97. The van der Waals surface area contributed by atoms with Crippen molar-refractivity contribution in [2.24, 2.45) is 5.92 Å². The number of ether oxygens (including phenoxy) is 2. The van der Waals surface area contributed by atoms with E-state index in [-0.39, 0.29) is 36.8 Å². The highest BCUT2D eigenvalue weighted by molar-refractivity contribution is 5.87. The zero-order valence-electron chi connectivity index (χ0n) is 17.8. The van der Waals surface area contributed by atoms with E-state index in [2.05, 4.69) is 0 Å². The lowest BCUT2D eigenvalue weighted by atomic mass is 9.98. The van der Waals surface area contributed by atoms with Crippen LogP contribution in [0.25, 0.3) is 10.9 Å².